The second-order valence-corrected chi connectivity index (χ2v) is 4.80. The number of benzene rings is 1. The van der Waals surface area contributed by atoms with Crippen molar-refractivity contribution >= 4 is 29.9 Å². The Morgan fingerprint density at radius 3 is 2.60 bits per heavy atom. The maximum atomic E-state index is 12.0. The third-order valence-corrected chi connectivity index (χ3v) is 3.12. The molecule has 1 aromatic carbocycles. The molecule has 0 aliphatic heterocycles. The van der Waals surface area contributed by atoms with E-state index >= 15 is 0 Å². The molecular weight excluding hydrogens is 278 g/mol. The van der Waals surface area contributed by atoms with Crippen LogP contribution in [-0.4, -0.2) is 23.9 Å². The van der Waals surface area contributed by atoms with Crippen LogP contribution in [0.25, 0.3) is 0 Å². The van der Waals surface area contributed by atoms with Crippen molar-refractivity contribution in [2.45, 2.75) is 38.3 Å². The smallest absolute Gasteiger partial charge is 0.253 e. The molecule has 4 N–H and O–H groups in total. The predicted molar refractivity (Wildman–Crippen MR) is 81.1 cm³/mol. The van der Waals surface area contributed by atoms with E-state index in [-0.39, 0.29) is 30.3 Å². The number of carbonyl (C=O) groups is 2. The van der Waals surface area contributed by atoms with Gasteiger partial charge in [0.1, 0.15) is 0 Å². The minimum Gasteiger partial charge on any atom is -0.349 e. The molecule has 1 aliphatic carbocycles. The van der Waals surface area contributed by atoms with Crippen molar-refractivity contribution in [3.8, 4) is 0 Å². The summed E-state index contributed by atoms with van der Waals surface area (Å²) >= 11 is 0. The van der Waals surface area contributed by atoms with E-state index in [9.17, 15) is 9.59 Å². The van der Waals surface area contributed by atoms with E-state index < -0.39 is 6.04 Å². The molecule has 20 heavy (non-hydrogen) atoms. The molecule has 1 aromatic rings. The average Bonchev–Trinajstić information content (AvgIpc) is 3.22. The van der Waals surface area contributed by atoms with Crippen LogP contribution in [0, 0.1) is 0 Å². The summed E-state index contributed by atoms with van der Waals surface area (Å²) in [4.78, 5) is 23.8. The molecule has 5 nitrogen and oxygen atoms in total. The van der Waals surface area contributed by atoms with Gasteiger partial charge in [-0.2, -0.15) is 0 Å². The highest BCUT2D eigenvalue weighted by Gasteiger charge is 2.25. The van der Waals surface area contributed by atoms with Crippen molar-refractivity contribution in [1.82, 2.24) is 5.32 Å². The summed E-state index contributed by atoms with van der Waals surface area (Å²) < 4.78 is 0. The molecule has 1 aliphatic rings. The Balaban J connectivity index is 0.00000200. The lowest BCUT2D eigenvalue weighted by Crippen LogP contribution is -2.35. The Bertz CT molecular complexity index is 489. The first kappa shape index (κ1) is 16.5. The van der Waals surface area contributed by atoms with E-state index in [4.69, 9.17) is 5.73 Å². The van der Waals surface area contributed by atoms with Crippen molar-refractivity contribution in [3.63, 3.8) is 0 Å². The van der Waals surface area contributed by atoms with Crippen LogP contribution in [0.15, 0.2) is 24.3 Å². The minimum atomic E-state index is -0.556. The monoisotopic (exact) mass is 297 g/mol. The van der Waals surface area contributed by atoms with E-state index in [1.165, 1.54) is 0 Å². The van der Waals surface area contributed by atoms with Crippen molar-refractivity contribution in [1.29, 1.82) is 0 Å². The quantitative estimate of drug-likeness (QED) is 0.773. The van der Waals surface area contributed by atoms with Gasteiger partial charge >= 0.3 is 0 Å². The zero-order chi connectivity index (χ0) is 13.8. The maximum Gasteiger partial charge on any atom is 0.253 e. The summed E-state index contributed by atoms with van der Waals surface area (Å²) in [6, 6.07) is 6.69. The molecule has 0 saturated heterocycles. The summed E-state index contributed by atoms with van der Waals surface area (Å²) in [6.07, 6.45) is 2.62. The Morgan fingerprint density at radius 1 is 1.35 bits per heavy atom. The molecule has 0 spiro atoms. The third-order valence-electron chi connectivity index (χ3n) is 3.12. The predicted octanol–water partition coefficient (Wildman–Crippen LogP) is 1.68. The van der Waals surface area contributed by atoms with Gasteiger partial charge in [0.15, 0.2) is 0 Å². The van der Waals surface area contributed by atoms with Crippen LogP contribution in [0.2, 0.25) is 0 Å². The Labute approximate surface area is 124 Å². The fourth-order valence-electron chi connectivity index (χ4n) is 1.69. The van der Waals surface area contributed by atoms with Gasteiger partial charge in [0.2, 0.25) is 5.91 Å². The van der Waals surface area contributed by atoms with Crippen molar-refractivity contribution in [2.24, 2.45) is 5.73 Å². The van der Waals surface area contributed by atoms with Crippen LogP contribution < -0.4 is 16.4 Å². The summed E-state index contributed by atoms with van der Waals surface area (Å²) in [5, 5.41) is 5.62. The summed E-state index contributed by atoms with van der Waals surface area (Å²) in [5.74, 6) is -0.419. The van der Waals surface area contributed by atoms with E-state index in [1.54, 1.807) is 24.3 Å². The normalized spacial score (nSPS) is 14.9. The maximum absolute atomic E-state index is 12.0. The van der Waals surface area contributed by atoms with E-state index in [0.717, 1.165) is 12.8 Å². The number of halogens is 1. The van der Waals surface area contributed by atoms with Gasteiger partial charge in [-0.05, 0) is 31.4 Å². The second kappa shape index (κ2) is 7.26. The van der Waals surface area contributed by atoms with Gasteiger partial charge in [0.05, 0.1) is 17.3 Å². The van der Waals surface area contributed by atoms with Gasteiger partial charge in [-0.15, -0.1) is 12.4 Å². The number of hydrogen-bond acceptors (Lipinski definition) is 3. The Morgan fingerprint density at radius 2 is 2.00 bits per heavy atom. The lowest BCUT2D eigenvalue weighted by molar-refractivity contribution is -0.117. The fourth-order valence-corrected chi connectivity index (χ4v) is 1.69. The van der Waals surface area contributed by atoms with Crippen LogP contribution in [0.1, 0.15) is 36.5 Å². The SMILES string of the molecule is CC[C@H](N)C(=O)Nc1ccccc1C(=O)NC1CC1.Cl. The first-order valence-electron chi connectivity index (χ1n) is 6.58. The third kappa shape index (κ3) is 4.21. The molecule has 110 valence electrons. The largest absolute Gasteiger partial charge is 0.349 e. The number of anilines is 1. The Hall–Kier alpha value is -1.59. The molecule has 1 fully saturated rings. The topological polar surface area (TPSA) is 84.2 Å². The summed E-state index contributed by atoms with van der Waals surface area (Å²) in [5.41, 5.74) is 6.66. The highest BCUT2D eigenvalue weighted by Crippen LogP contribution is 2.21. The van der Waals surface area contributed by atoms with Crippen LogP contribution in [-0.2, 0) is 4.79 Å². The molecule has 2 amide bonds. The van der Waals surface area contributed by atoms with Crippen molar-refractivity contribution in [2.75, 3.05) is 5.32 Å². The highest BCUT2D eigenvalue weighted by molar-refractivity contribution is 6.04. The number of carbonyl (C=O) groups excluding carboxylic acids is 2. The zero-order valence-corrected chi connectivity index (χ0v) is 12.2. The lowest BCUT2D eigenvalue weighted by atomic mass is 10.1. The fraction of sp³-hybridized carbons (Fsp3) is 0.429. The van der Waals surface area contributed by atoms with Gasteiger partial charge in [0, 0.05) is 6.04 Å². The van der Waals surface area contributed by atoms with Crippen LogP contribution >= 0.6 is 12.4 Å². The lowest BCUT2D eigenvalue weighted by Gasteiger charge is -2.13. The number of hydrogen-bond donors (Lipinski definition) is 3. The molecule has 1 saturated carbocycles. The zero-order valence-electron chi connectivity index (χ0n) is 11.4. The van der Waals surface area contributed by atoms with Gasteiger partial charge in [-0.1, -0.05) is 19.1 Å². The van der Waals surface area contributed by atoms with Crippen molar-refractivity contribution < 1.29 is 9.59 Å². The molecule has 1 atom stereocenters. The number of amides is 2. The number of rotatable bonds is 5. The first-order valence-corrected chi connectivity index (χ1v) is 6.58. The minimum absolute atomic E-state index is 0. The molecule has 0 bridgehead atoms. The van der Waals surface area contributed by atoms with Crippen molar-refractivity contribution in [3.05, 3.63) is 29.8 Å². The van der Waals surface area contributed by atoms with Crippen LogP contribution in [0.3, 0.4) is 0 Å². The molecule has 6 heteroatoms. The van der Waals surface area contributed by atoms with Crippen LogP contribution in [0.5, 0.6) is 0 Å². The van der Waals surface area contributed by atoms with E-state index in [0.29, 0.717) is 17.7 Å². The van der Waals surface area contributed by atoms with Crippen LogP contribution in [0.4, 0.5) is 5.69 Å². The van der Waals surface area contributed by atoms with E-state index in [1.807, 2.05) is 6.92 Å². The number of nitrogens with one attached hydrogen (secondary N) is 2. The Kier molecular flexibility index (Phi) is 5.98. The number of para-hydroxylation sites is 1. The molecule has 0 radical (unpaired) electrons. The average molecular weight is 298 g/mol. The molecular formula is C14H20ClN3O2. The summed E-state index contributed by atoms with van der Waals surface area (Å²) in [6.45, 7) is 1.84. The molecule has 0 unspecified atom stereocenters. The van der Waals surface area contributed by atoms with Gasteiger partial charge < -0.3 is 16.4 Å². The van der Waals surface area contributed by atoms with Gasteiger partial charge in [-0.25, -0.2) is 0 Å². The molecule has 2 rings (SSSR count). The van der Waals surface area contributed by atoms with Gasteiger partial charge in [-0.3, -0.25) is 9.59 Å². The standard InChI is InChI=1S/C14H19N3O2.ClH/c1-2-11(15)14(19)17-12-6-4-3-5-10(12)13(18)16-9-7-8-9;/h3-6,9,11H,2,7-8,15H2,1H3,(H,16,18)(H,17,19);1H/t11-;/m0./s1. The van der Waals surface area contributed by atoms with E-state index in [2.05, 4.69) is 10.6 Å². The van der Waals surface area contributed by atoms with Gasteiger partial charge in [0.25, 0.3) is 5.91 Å². The molecule has 0 aromatic heterocycles. The second-order valence-electron chi connectivity index (χ2n) is 4.80. The first-order chi connectivity index (χ1) is 9.11. The molecule has 0 heterocycles. The number of nitrogens with two attached hydrogens (primary N) is 1. The highest BCUT2D eigenvalue weighted by atomic mass is 35.5. The summed E-state index contributed by atoms with van der Waals surface area (Å²) in [7, 11) is 0.